The van der Waals surface area contributed by atoms with E-state index in [1.165, 1.54) is 6.92 Å². The minimum Gasteiger partial charge on any atom is -0.379 e. The molecule has 5 amide bonds. The SMILES string of the molecule is CC(C)C(C)NC(=O)CNC(=O)CCOCCOCCOCCOCCNC(=O)[C@H](C)N(C=O)C=O. The number of imide groups is 1. The molecule has 0 aromatic carbocycles. The Morgan fingerprint density at radius 1 is 0.722 bits per heavy atom. The highest BCUT2D eigenvalue weighted by Gasteiger charge is 2.18. The van der Waals surface area contributed by atoms with Crippen LogP contribution in [-0.2, 0) is 42.9 Å². The maximum atomic E-state index is 11.7. The van der Waals surface area contributed by atoms with Gasteiger partial charge >= 0.3 is 0 Å². The second kappa shape index (κ2) is 21.7. The van der Waals surface area contributed by atoms with E-state index in [0.29, 0.717) is 58.4 Å². The fourth-order valence-electron chi connectivity index (χ4n) is 2.40. The molecule has 0 aromatic rings. The summed E-state index contributed by atoms with van der Waals surface area (Å²) in [5.74, 6) is -0.595. The largest absolute Gasteiger partial charge is 0.379 e. The Labute approximate surface area is 212 Å². The minimum atomic E-state index is -0.878. The van der Waals surface area contributed by atoms with Gasteiger partial charge in [0.1, 0.15) is 6.04 Å². The first-order valence-corrected chi connectivity index (χ1v) is 12.1. The molecule has 1 unspecified atom stereocenters. The molecule has 0 aliphatic rings. The molecule has 0 spiro atoms. The standard InChI is InChI=1S/C23H42N4O9/c1-18(2)19(3)26-22(31)15-25-21(30)5-7-33-9-11-35-13-14-36-12-10-34-8-6-24-23(32)20(4)27(16-28)17-29/h16-20H,5-15H2,1-4H3,(H,24,32)(H,25,30)(H,26,31)/t19?,20-/m0/s1. The summed E-state index contributed by atoms with van der Waals surface area (Å²) in [6.07, 6.45) is 0.752. The molecule has 2 atom stereocenters. The van der Waals surface area contributed by atoms with Crippen molar-refractivity contribution in [3.8, 4) is 0 Å². The van der Waals surface area contributed by atoms with Crippen molar-refractivity contribution >= 4 is 30.5 Å². The number of ether oxygens (including phenoxy) is 4. The maximum absolute atomic E-state index is 11.7. The second-order valence-electron chi connectivity index (χ2n) is 8.20. The van der Waals surface area contributed by atoms with Crippen LogP contribution in [0.4, 0.5) is 0 Å². The van der Waals surface area contributed by atoms with Crippen LogP contribution in [0.3, 0.4) is 0 Å². The van der Waals surface area contributed by atoms with E-state index in [2.05, 4.69) is 16.0 Å². The van der Waals surface area contributed by atoms with Gasteiger partial charge in [0, 0.05) is 19.0 Å². The van der Waals surface area contributed by atoms with Gasteiger partial charge in [-0.1, -0.05) is 13.8 Å². The number of rotatable bonds is 23. The highest BCUT2D eigenvalue weighted by Crippen LogP contribution is 1.98. The molecule has 0 rings (SSSR count). The van der Waals surface area contributed by atoms with E-state index < -0.39 is 11.9 Å². The van der Waals surface area contributed by atoms with E-state index in [0.717, 1.165) is 4.90 Å². The van der Waals surface area contributed by atoms with Crippen LogP contribution < -0.4 is 16.0 Å². The van der Waals surface area contributed by atoms with Crippen molar-refractivity contribution in [2.24, 2.45) is 5.92 Å². The molecule has 13 heteroatoms. The summed E-state index contributed by atoms with van der Waals surface area (Å²) in [5.41, 5.74) is 0. The van der Waals surface area contributed by atoms with Gasteiger partial charge in [-0.05, 0) is 19.8 Å². The van der Waals surface area contributed by atoms with Crippen LogP contribution >= 0.6 is 0 Å². The fourth-order valence-corrected chi connectivity index (χ4v) is 2.40. The molecule has 36 heavy (non-hydrogen) atoms. The monoisotopic (exact) mass is 518 g/mol. The predicted octanol–water partition coefficient (Wildman–Crippen LogP) is -1.16. The van der Waals surface area contributed by atoms with Gasteiger partial charge in [0.25, 0.3) is 0 Å². The van der Waals surface area contributed by atoms with Gasteiger partial charge in [0.15, 0.2) is 0 Å². The van der Waals surface area contributed by atoms with Crippen molar-refractivity contribution in [1.29, 1.82) is 0 Å². The number of carbonyl (C=O) groups excluding carboxylic acids is 5. The Bertz CT molecular complexity index is 641. The molecule has 0 bridgehead atoms. The first-order chi connectivity index (χ1) is 17.2. The van der Waals surface area contributed by atoms with Crippen LogP contribution in [-0.4, -0.2) is 113 Å². The number of carbonyl (C=O) groups is 5. The third-order valence-corrected chi connectivity index (χ3v) is 5.04. The van der Waals surface area contributed by atoms with E-state index in [-0.39, 0.29) is 50.6 Å². The van der Waals surface area contributed by atoms with E-state index >= 15 is 0 Å². The molecule has 0 aromatic heterocycles. The number of hydrogen-bond acceptors (Lipinski definition) is 9. The van der Waals surface area contributed by atoms with Crippen molar-refractivity contribution in [2.75, 3.05) is 65.9 Å². The molecule has 0 aliphatic heterocycles. The third kappa shape index (κ3) is 17.8. The van der Waals surface area contributed by atoms with E-state index in [1.54, 1.807) is 0 Å². The Morgan fingerprint density at radius 2 is 1.22 bits per heavy atom. The first-order valence-electron chi connectivity index (χ1n) is 12.1. The maximum Gasteiger partial charge on any atom is 0.243 e. The van der Waals surface area contributed by atoms with Gasteiger partial charge in [-0.3, -0.25) is 28.9 Å². The van der Waals surface area contributed by atoms with Gasteiger partial charge in [0.2, 0.25) is 30.5 Å². The van der Waals surface area contributed by atoms with Crippen LogP contribution in [0.25, 0.3) is 0 Å². The number of nitrogens with one attached hydrogen (secondary N) is 3. The van der Waals surface area contributed by atoms with Crippen molar-refractivity contribution < 1.29 is 42.9 Å². The lowest BCUT2D eigenvalue weighted by atomic mass is 10.1. The van der Waals surface area contributed by atoms with Crippen molar-refractivity contribution in [2.45, 2.75) is 46.2 Å². The number of nitrogens with zero attached hydrogens (tertiary/aromatic N) is 1. The summed E-state index contributed by atoms with van der Waals surface area (Å²) in [6.45, 7) is 10.2. The van der Waals surface area contributed by atoms with Gasteiger partial charge < -0.3 is 34.9 Å². The molecule has 0 saturated carbocycles. The highest BCUT2D eigenvalue weighted by molar-refractivity contribution is 5.87. The van der Waals surface area contributed by atoms with Gasteiger partial charge in [-0.15, -0.1) is 0 Å². The lowest BCUT2D eigenvalue weighted by Gasteiger charge is -2.17. The average molecular weight is 519 g/mol. The van der Waals surface area contributed by atoms with Gasteiger partial charge in [-0.25, -0.2) is 0 Å². The fraction of sp³-hybridized carbons (Fsp3) is 0.783. The summed E-state index contributed by atoms with van der Waals surface area (Å²) in [4.78, 5) is 57.1. The molecule has 208 valence electrons. The topological polar surface area (TPSA) is 162 Å². The highest BCUT2D eigenvalue weighted by atomic mass is 16.6. The molecule has 0 fully saturated rings. The zero-order valence-electron chi connectivity index (χ0n) is 21.8. The third-order valence-electron chi connectivity index (χ3n) is 5.04. The van der Waals surface area contributed by atoms with E-state index in [1.807, 2.05) is 20.8 Å². The van der Waals surface area contributed by atoms with Crippen LogP contribution in [0.1, 0.15) is 34.1 Å². The molecular formula is C23H42N4O9. The van der Waals surface area contributed by atoms with Gasteiger partial charge in [0.05, 0.1) is 59.4 Å². The van der Waals surface area contributed by atoms with E-state index in [9.17, 15) is 24.0 Å². The van der Waals surface area contributed by atoms with Crippen LogP contribution in [0.5, 0.6) is 0 Å². The Kier molecular flexibility index (Phi) is 20.1. The smallest absolute Gasteiger partial charge is 0.243 e. The summed E-state index contributed by atoms with van der Waals surface area (Å²) in [6, 6.07) is -0.831. The summed E-state index contributed by atoms with van der Waals surface area (Å²) >= 11 is 0. The molecule has 0 heterocycles. The molecule has 13 nitrogen and oxygen atoms in total. The molecule has 0 radical (unpaired) electrons. The number of amides is 5. The molecule has 0 saturated heterocycles. The van der Waals surface area contributed by atoms with E-state index in [4.69, 9.17) is 18.9 Å². The van der Waals surface area contributed by atoms with Crippen LogP contribution in [0.2, 0.25) is 0 Å². The predicted molar refractivity (Wildman–Crippen MR) is 130 cm³/mol. The summed E-state index contributed by atoms with van der Waals surface area (Å²) in [5, 5.41) is 7.94. The molecule has 0 aliphatic carbocycles. The van der Waals surface area contributed by atoms with Crippen molar-refractivity contribution in [1.82, 2.24) is 20.9 Å². The minimum absolute atomic E-state index is 0.0473. The Hall–Kier alpha value is -2.61. The lowest BCUT2D eigenvalue weighted by Crippen LogP contribution is -2.44. The Balaban J connectivity index is 3.45. The first kappa shape index (κ1) is 33.4. The molecular weight excluding hydrogens is 476 g/mol. The zero-order valence-corrected chi connectivity index (χ0v) is 21.8. The van der Waals surface area contributed by atoms with Gasteiger partial charge in [-0.2, -0.15) is 0 Å². The quantitative estimate of drug-likeness (QED) is 0.112. The van der Waals surface area contributed by atoms with Crippen molar-refractivity contribution in [3.05, 3.63) is 0 Å². The molecule has 3 N–H and O–H groups in total. The van der Waals surface area contributed by atoms with Crippen LogP contribution in [0, 0.1) is 5.92 Å². The number of hydrogen-bond donors (Lipinski definition) is 3. The normalized spacial score (nSPS) is 12.5. The summed E-state index contributed by atoms with van der Waals surface area (Å²) in [7, 11) is 0. The second-order valence-corrected chi connectivity index (χ2v) is 8.20. The Morgan fingerprint density at radius 3 is 1.72 bits per heavy atom. The lowest BCUT2D eigenvalue weighted by molar-refractivity contribution is -0.139. The van der Waals surface area contributed by atoms with Crippen LogP contribution in [0.15, 0.2) is 0 Å². The zero-order chi connectivity index (χ0) is 27.2. The summed E-state index contributed by atoms with van der Waals surface area (Å²) < 4.78 is 21.4. The average Bonchev–Trinajstić information content (AvgIpc) is 2.85. The van der Waals surface area contributed by atoms with Crippen molar-refractivity contribution in [3.63, 3.8) is 0 Å².